The van der Waals surface area contributed by atoms with Crippen molar-refractivity contribution in [2.24, 2.45) is 5.41 Å². The molecule has 3 rings (SSSR count). The van der Waals surface area contributed by atoms with Gasteiger partial charge in [0.25, 0.3) is 0 Å². The number of aliphatic hydroxyl groups is 1. The van der Waals surface area contributed by atoms with E-state index in [4.69, 9.17) is 10.5 Å². The van der Waals surface area contributed by atoms with Gasteiger partial charge < -0.3 is 15.6 Å². The highest BCUT2D eigenvalue weighted by molar-refractivity contribution is 7.91. The second-order valence-corrected chi connectivity index (χ2v) is 10.0. The van der Waals surface area contributed by atoms with Crippen LogP contribution in [0.4, 0.5) is 5.69 Å². The molecule has 0 saturated carbocycles. The van der Waals surface area contributed by atoms with Gasteiger partial charge in [0, 0.05) is 17.0 Å². The van der Waals surface area contributed by atoms with Gasteiger partial charge in [-0.25, -0.2) is 8.42 Å². The van der Waals surface area contributed by atoms with E-state index >= 15 is 0 Å². The minimum atomic E-state index is -3.57. The van der Waals surface area contributed by atoms with Crippen LogP contribution in [0.3, 0.4) is 0 Å². The average Bonchev–Trinajstić information content (AvgIpc) is 2.78. The lowest BCUT2D eigenvalue weighted by Crippen LogP contribution is -2.42. The van der Waals surface area contributed by atoms with E-state index in [0.717, 1.165) is 18.4 Å². The van der Waals surface area contributed by atoms with Crippen LogP contribution in [0.15, 0.2) is 47.4 Å². The molecule has 0 aliphatic carbocycles. The number of unbranched alkanes of at least 4 members (excludes halogenated alkanes) is 1. The highest BCUT2D eigenvalue weighted by Gasteiger charge is 2.48. The molecule has 3 atom stereocenters. The molecule has 0 fully saturated rings. The van der Waals surface area contributed by atoms with Gasteiger partial charge in [-0.15, -0.1) is 0 Å². The largest absolute Gasteiger partial charge is 0.497 e. The van der Waals surface area contributed by atoms with E-state index in [0.29, 0.717) is 29.8 Å². The molecule has 0 radical (unpaired) electrons. The Balaban J connectivity index is 2.26. The van der Waals surface area contributed by atoms with Gasteiger partial charge in [0.1, 0.15) is 5.75 Å². The number of fused-ring (bicyclic) bond motifs is 1. The molecule has 0 bridgehead atoms. The molecule has 1 aliphatic heterocycles. The van der Waals surface area contributed by atoms with Crippen LogP contribution in [0.1, 0.15) is 56.6 Å². The molecule has 1 heterocycles. The summed E-state index contributed by atoms with van der Waals surface area (Å²) in [4.78, 5) is 0.276. The molecular formula is C23H31NO4S. The fourth-order valence-corrected chi connectivity index (χ4v) is 6.82. The normalized spacial score (nSPS) is 25.8. The Morgan fingerprint density at radius 2 is 1.86 bits per heavy atom. The summed E-state index contributed by atoms with van der Waals surface area (Å²) in [6, 6.07) is 12.4. The highest BCUT2D eigenvalue weighted by Crippen LogP contribution is 2.49. The summed E-state index contributed by atoms with van der Waals surface area (Å²) in [5.41, 5.74) is 7.25. The molecule has 0 spiro atoms. The molecule has 5 nitrogen and oxygen atoms in total. The molecule has 0 unspecified atom stereocenters. The lowest BCUT2D eigenvalue weighted by molar-refractivity contribution is 0.0174. The summed E-state index contributed by atoms with van der Waals surface area (Å²) in [7, 11) is -1.97. The number of hydrogen-bond acceptors (Lipinski definition) is 5. The summed E-state index contributed by atoms with van der Waals surface area (Å²) in [6.45, 7) is 4.06. The summed E-state index contributed by atoms with van der Waals surface area (Å²) in [5, 5.41) is 11.7. The number of ether oxygens (including phenoxy) is 1. The van der Waals surface area contributed by atoms with Crippen molar-refractivity contribution >= 4 is 15.5 Å². The quantitative estimate of drug-likeness (QED) is 0.690. The first-order valence-corrected chi connectivity index (χ1v) is 11.9. The molecule has 1 aliphatic rings. The first kappa shape index (κ1) is 21.7. The predicted molar refractivity (Wildman–Crippen MR) is 116 cm³/mol. The number of anilines is 1. The van der Waals surface area contributed by atoms with Crippen molar-refractivity contribution in [3.05, 3.63) is 53.6 Å². The minimum Gasteiger partial charge on any atom is -0.497 e. The van der Waals surface area contributed by atoms with Crippen LogP contribution in [0.2, 0.25) is 0 Å². The lowest BCUT2D eigenvalue weighted by Gasteiger charge is -2.39. The van der Waals surface area contributed by atoms with Crippen LogP contribution >= 0.6 is 0 Å². The second kappa shape index (κ2) is 8.36. The third kappa shape index (κ3) is 4.01. The van der Waals surface area contributed by atoms with Gasteiger partial charge in [0.2, 0.25) is 0 Å². The molecule has 0 amide bonds. The number of nitrogens with two attached hydrogens (primary N) is 1. The van der Waals surface area contributed by atoms with E-state index in [-0.39, 0.29) is 10.6 Å². The van der Waals surface area contributed by atoms with E-state index in [1.54, 1.807) is 25.3 Å². The molecule has 6 heteroatoms. The Morgan fingerprint density at radius 1 is 1.17 bits per heavy atom. The molecule has 29 heavy (non-hydrogen) atoms. The maximum Gasteiger partial charge on any atom is 0.179 e. The van der Waals surface area contributed by atoms with Gasteiger partial charge in [-0.3, -0.25) is 0 Å². The Labute approximate surface area is 173 Å². The van der Waals surface area contributed by atoms with Crippen molar-refractivity contribution < 1.29 is 18.3 Å². The molecule has 3 N–H and O–H groups in total. The van der Waals surface area contributed by atoms with Crippen LogP contribution in [0, 0.1) is 5.41 Å². The number of hydrogen-bond donors (Lipinski definition) is 2. The SMILES string of the molecule is CCCC[C@@]1(CC)CS(=O)(=O)c2ccc(N)cc2[C@@H](c2ccc(OC)cc2)[C@H]1O. The first-order valence-electron chi connectivity index (χ1n) is 10.2. The zero-order chi connectivity index (χ0) is 21.2. The molecular weight excluding hydrogens is 386 g/mol. The van der Waals surface area contributed by atoms with E-state index in [2.05, 4.69) is 6.92 Å². The van der Waals surface area contributed by atoms with Crippen LogP contribution in [0.5, 0.6) is 5.75 Å². The fourth-order valence-electron chi connectivity index (χ4n) is 4.57. The van der Waals surface area contributed by atoms with Crippen molar-refractivity contribution in [3.63, 3.8) is 0 Å². The van der Waals surface area contributed by atoms with Crippen molar-refractivity contribution in [2.45, 2.75) is 56.4 Å². The van der Waals surface area contributed by atoms with E-state index < -0.39 is 27.3 Å². The van der Waals surface area contributed by atoms with Crippen LogP contribution in [0.25, 0.3) is 0 Å². The second-order valence-electron chi connectivity index (χ2n) is 8.07. The van der Waals surface area contributed by atoms with Crippen molar-refractivity contribution in [1.29, 1.82) is 0 Å². The number of methoxy groups -OCH3 is 1. The van der Waals surface area contributed by atoms with E-state index in [1.165, 1.54) is 0 Å². The third-order valence-corrected chi connectivity index (χ3v) is 8.33. The molecule has 158 valence electrons. The van der Waals surface area contributed by atoms with Crippen molar-refractivity contribution in [2.75, 3.05) is 18.6 Å². The van der Waals surface area contributed by atoms with Gasteiger partial charge in [-0.1, -0.05) is 38.8 Å². The van der Waals surface area contributed by atoms with Gasteiger partial charge in [-0.2, -0.15) is 0 Å². The Morgan fingerprint density at radius 3 is 2.45 bits per heavy atom. The Bertz CT molecular complexity index is 955. The Kier molecular flexibility index (Phi) is 6.24. The highest BCUT2D eigenvalue weighted by atomic mass is 32.2. The van der Waals surface area contributed by atoms with Crippen molar-refractivity contribution in [1.82, 2.24) is 0 Å². The lowest BCUT2D eigenvalue weighted by atomic mass is 9.69. The molecule has 2 aromatic rings. The standard InChI is InChI=1S/C23H31NO4S/c1-4-6-13-23(5-2)15-29(26,27)20-12-9-17(24)14-19(20)21(22(23)25)16-7-10-18(28-3)11-8-16/h7-12,14,21-22,25H,4-6,13,15,24H2,1-3H3/t21-,22-,23+/m1/s1. The molecule has 0 saturated heterocycles. The number of sulfone groups is 1. The molecule has 0 aromatic heterocycles. The smallest absolute Gasteiger partial charge is 0.179 e. The Hall–Kier alpha value is -2.05. The predicted octanol–water partition coefficient (Wildman–Crippen LogP) is 4.14. The number of aliphatic hydroxyl groups excluding tert-OH is 1. The maximum atomic E-state index is 13.4. The number of rotatable bonds is 6. The fraction of sp³-hybridized carbons (Fsp3) is 0.478. The summed E-state index contributed by atoms with van der Waals surface area (Å²) >= 11 is 0. The number of nitrogen functional groups attached to an aromatic ring is 1. The van der Waals surface area contributed by atoms with Crippen LogP contribution in [-0.4, -0.2) is 32.5 Å². The average molecular weight is 418 g/mol. The summed E-state index contributed by atoms with van der Waals surface area (Å²) < 4.78 is 32.1. The van der Waals surface area contributed by atoms with Crippen molar-refractivity contribution in [3.8, 4) is 5.75 Å². The van der Waals surface area contributed by atoms with Gasteiger partial charge >= 0.3 is 0 Å². The minimum absolute atomic E-state index is 0.0543. The zero-order valence-corrected chi connectivity index (χ0v) is 18.2. The monoisotopic (exact) mass is 417 g/mol. The summed E-state index contributed by atoms with van der Waals surface area (Å²) in [6.07, 6.45) is 2.22. The zero-order valence-electron chi connectivity index (χ0n) is 17.4. The number of benzene rings is 2. The maximum absolute atomic E-state index is 13.4. The first-order chi connectivity index (χ1) is 13.8. The third-order valence-electron chi connectivity index (χ3n) is 6.33. The van der Waals surface area contributed by atoms with E-state index in [9.17, 15) is 13.5 Å². The van der Waals surface area contributed by atoms with Gasteiger partial charge in [0.05, 0.1) is 23.9 Å². The van der Waals surface area contributed by atoms with Crippen LogP contribution < -0.4 is 10.5 Å². The topological polar surface area (TPSA) is 89.6 Å². The summed E-state index contributed by atoms with van der Waals surface area (Å²) in [5.74, 6) is 0.180. The molecule has 2 aromatic carbocycles. The van der Waals surface area contributed by atoms with Gasteiger partial charge in [0.15, 0.2) is 9.84 Å². The van der Waals surface area contributed by atoms with Crippen LogP contribution in [-0.2, 0) is 9.84 Å². The van der Waals surface area contributed by atoms with Gasteiger partial charge in [-0.05, 0) is 54.3 Å². The van der Waals surface area contributed by atoms with E-state index in [1.807, 2.05) is 31.2 Å².